The lowest BCUT2D eigenvalue weighted by Gasteiger charge is -2.08. The molecule has 134 valence electrons. The minimum atomic E-state index is -0.297. The van der Waals surface area contributed by atoms with Crippen LogP contribution < -0.4 is 10.1 Å². The molecule has 2 aromatic carbocycles. The number of anilines is 1. The third-order valence-corrected chi connectivity index (χ3v) is 5.11. The molecular formula is C19H16BrFN2O2S. The van der Waals surface area contributed by atoms with Crippen molar-refractivity contribution in [3.05, 3.63) is 63.2 Å². The van der Waals surface area contributed by atoms with Crippen molar-refractivity contribution < 1.29 is 13.9 Å². The van der Waals surface area contributed by atoms with Gasteiger partial charge in [-0.1, -0.05) is 6.07 Å². The van der Waals surface area contributed by atoms with Gasteiger partial charge in [0.1, 0.15) is 11.6 Å². The van der Waals surface area contributed by atoms with Gasteiger partial charge >= 0.3 is 0 Å². The zero-order valence-electron chi connectivity index (χ0n) is 14.2. The van der Waals surface area contributed by atoms with Crippen molar-refractivity contribution >= 4 is 38.3 Å². The first-order valence-corrected chi connectivity index (χ1v) is 9.45. The number of aryl methyl sites for hydroxylation is 2. The minimum Gasteiger partial charge on any atom is -0.483 e. The van der Waals surface area contributed by atoms with Crippen molar-refractivity contribution in [3.63, 3.8) is 0 Å². The molecule has 0 spiro atoms. The summed E-state index contributed by atoms with van der Waals surface area (Å²) in [7, 11) is 0. The molecule has 3 rings (SSSR count). The Labute approximate surface area is 163 Å². The molecule has 0 saturated carbocycles. The van der Waals surface area contributed by atoms with E-state index in [0.29, 0.717) is 10.9 Å². The Morgan fingerprint density at radius 1 is 1.23 bits per heavy atom. The van der Waals surface area contributed by atoms with E-state index in [1.807, 2.05) is 32.0 Å². The van der Waals surface area contributed by atoms with E-state index in [0.717, 1.165) is 26.2 Å². The lowest BCUT2D eigenvalue weighted by atomic mass is 10.1. The predicted molar refractivity (Wildman–Crippen MR) is 105 cm³/mol. The second-order valence-electron chi connectivity index (χ2n) is 5.70. The van der Waals surface area contributed by atoms with Crippen molar-refractivity contribution in [2.45, 2.75) is 13.8 Å². The SMILES string of the molecule is Cc1ccc(OCC(=O)Nc2nc(-c3ccc(F)cc3)c(C)s2)c(Br)c1. The van der Waals surface area contributed by atoms with Gasteiger partial charge in [0.05, 0.1) is 10.2 Å². The largest absolute Gasteiger partial charge is 0.483 e. The van der Waals surface area contributed by atoms with E-state index < -0.39 is 0 Å². The number of thiazole rings is 1. The number of hydrogen-bond donors (Lipinski definition) is 1. The Hall–Kier alpha value is -2.25. The zero-order valence-corrected chi connectivity index (χ0v) is 16.6. The standard InChI is InChI=1S/C19H16BrFN2O2S/c1-11-3-8-16(15(20)9-11)25-10-17(24)22-19-23-18(12(2)26-19)13-4-6-14(21)7-5-13/h3-9H,10H2,1-2H3,(H,22,23,24). The first-order valence-electron chi connectivity index (χ1n) is 7.84. The van der Waals surface area contributed by atoms with E-state index in [1.165, 1.54) is 23.5 Å². The molecule has 1 N–H and O–H groups in total. The van der Waals surface area contributed by atoms with Crippen molar-refractivity contribution in [3.8, 4) is 17.0 Å². The van der Waals surface area contributed by atoms with E-state index in [9.17, 15) is 9.18 Å². The minimum absolute atomic E-state index is 0.119. The molecule has 26 heavy (non-hydrogen) atoms. The van der Waals surface area contributed by atoms with Crippen LogP contribution in [0.1, 0.15) is 10.4 Å². The number of ether oxygens (including phenoxy) is 1. The Kier molecular flexibility index (Phi) is 5.68. The van der Waals surface area contributed by atoms with E-state index in [2.05, 4.69) is 26.2 Å². The third kappa shape index (κ3) is 4.47. The fourth-order valence-corrected chi connectivity index (χ4v) is 3.81. The van der Waals surface area contributed by atoms with E-state index >= 15 is 0 Å². The average molecular weight is 435 g/mol. The third-order valence-electron chi connectivity index (χ3n) is 3.61. The number of carbonyl (C=O) groups is 1. The zero-order chi connectivity index (χ0) is 18.7. The van der Waals surface area contributed by atoms with Crippen molar-refractivity contribution in [1.29, 1.82) is 0 Å². The number of carbonyl (C=O) groups excluding carboxylic acids is 1. The molecule has 0 saturated heterocycles. The van der Waals surface area contributed by atoms with Gasteiger partial charge in [0.25, 0.3) is 5.91 Å². The molecule has 1 heterocycles. The Bertz CT molecular complexity index is 941. The quantitative estimate of drug-likeness (QED) is 0.588. The van der Waals surface area contributed by atoms with Crippen LogP contribution >= 0.6 is 27.3 Å². The summed E-state index contributed by atoms with van der Waals surface area (Å²) in [4.78, 5) is 17.5. The van der Waals surface area contributed by atoms with Crippen LogP contribution in [0.2, 0.25) is 0 Å². The lowest BCUT2D eigenvalue weighted by Crippen LogP contribution is -2.20. The van der Waals surface area contributed by atoms with Crippen LogP contribution in [0.5, 0.6) is 5.75 Å². The molecule has 0 atom stereocenters. The molecule has 0 aliphatic carbocycles. The molecular weight excluding hydrogens is 419 g/mol. The molecule has 1 aromatic heterocycles. The Morgan fingerprint density at radius 2 is 1.96 bits per heavy atom. The number of benzene rings is 2. The Morgan fingerprint density at radius 3 is 2.65 bits per heavy atom. The van der Waals surface area contributed by atoms with Gasteiger partial charge in [-0.3, -0.25) is 10.1 Å². The number of nitrogens with one attached hydrogen (secondary N) is 1. The van der Waals surface area contributed by atoms with Crippen molar-refractivity contribution in [1.82, 2.24) is 4.98 Å². The van der Waals surface area contributed by atoms with E-state index in [1.54, 1.807) is 12.1 Å². The van der Waals surface area contributed by atoms with Crippen molar-refractivity contribution in [2.24, 2.45) is 0 Å². The molecule has 0 fully saturated rings. The monoisotopic (exact) mass is 434 g/mol. The first-order chi connectivity index (χ1) is 12.4. The van der Waals surface area contributed by atoms with E-state index in [-0.39, 0.29) is 18.3 Å². The maximum absolute atomic E-state index is 13.1. The summed E-state index contributed by atoms with van der Waals surface area (Å²) in [5, 5.41) is 3.22. The maximum atomic E-state index is 13.1. The van der Waals surface area contributed by atoms with Crippen LogP contribution in [0.15, 0.2) is 46.9 Å². The first kappa shape index (κ1) is 18.5. The van der Waals surface area contributed by atoms with E-state index in [4.69, 9.17) is 4.74 Å². The molecule has 0 aliphatic heterocycles. The summed E-state index contributed by atoms with van der Waals surface area (Å²) in [6.45, 7) is 3.77. The number of aromatic nitrogens is 1. The van der Waals surface area contributed by atoms with Crippen molar-refractivity contribution in [2.75, 3.05) is 11.9 Å². The second-order valence-corrected chi connectivity index (χ2v) is 7.76. The van der Waals surface area contributed by atoms with Gasteiger partial charge in [-0.2, -0.15) is 0 Å². The van der Waals surface area contributed by atoms with Gasteiger partial charge in [-0.25, -0.2) is 9.37 Å². The number of amides is 1. The highest BCUT2D eigenvalue weighted by Crippen LogP contribution is 2.30. The average Bonchev–Trinajstić information content (AvgIpc) is 2.95. The number of rotatable bonds is 5. The molecule has 0 unspecified atom stereocenters. The molecule has 7 heteroatoms. The van der Waals surface area contributed by atoms with Crippen LogP contribution in [-0.4, -0.2) is 17.5 Å². The van der Waals surface area contributed by atoms with Gasteiger partial charge in [-0.15, -0.1) is 11.3 Å². The molecule has 4 nitrogen and oxygen atoms in total. The second kappa shape index (κ2) is 7.97. The summed E-state index contributed by atoms with van der Waals surface area (Å²) in [5.74, 6) is 0.0134. The summed E-state index contributed by atoms with van der Waals surface area (Å²) in [6.07, 6.45) is 0. The van der Waals surface area contributed by atoms with Gasteiger partial charge in [0, 0.05) is 10.4 Å². The highest BCUT2D eigenvalue weighted by molar-refractivity contribution is 9.10. The molecule has 0 bridgehead atoms. The number of hydrogen-bond acceptors (Lipinski definition) is 4. The lowest BCUT2D eigenvalue weighted by molar-refractivity contribution is -0.118. The van der Waals surface area contributed by atoms with Gasteiger partial charge in [0.15, 0.2) is 11.7 Å². The van der Waals surface area contributed by atoms with Crippen LogP contribution in [0.3, 0.4) is 0 Å². The fraction of sp³-hybridized carbons (Fsp3) is 0.158. The normalized spacial score (nSPS) is 10.6. The highest BCUT2D eigenvalue weighted by Gasteiger charge is 2.13. The molecule has 0 radical (unpaired) electrons. The number of halogens is 2. The highest BCUT2D eigenvalue weighted by atomic mass is 79.9. The topological polar surface area (TPSA) is 51.2 Å². The predicted octanol–water partition coefficient (Wildman–Crippen LogP) is 5.35. The van der Waals surface area contributed by atoms with Crippen LogP contribution in [0, 0.1) is 19.7 Å². The molecule has 3 aromatic rings. The smallest absolute Gasteiger partial charge is 0.264 e. The molecule has 0 aliphatic rings. The van der Waals surface area contributed by atoms with Gasteiger partial charge < -0.3 is 4.74 Å². The van der Waals surface area contributed by atoms with Gasteiger partial charge in [0.2, 0.25) is 0 Å². The fourth-order valence-electron chi connectivity index (χ4n) is 2.35. The number of nitrogens with zero attached hydrogens (tertiary/aromatic N) is 1. The van der Waals surface area contributed by atoms with Crippen LogP contribution in [0.25, 0.3) is 11.3 Å². The summed E-state index contributed by atoms with van der Waals surface area (Å²) < 4.78 is 19.4. The summed E-state index contributed by atoms with van der Waals surface area (Å²) in [5.41, 5.74) is 2.63. The summed E-state index contributed by atoms with van der Waals surface area (Å²) in [6, 6.07) is 11.8. The molecule has 1 amide bonds. The maximum Gasteiger partial charge on any atom is 0.264 e. The summed E-state index contributed by atoms with van der Waals surface area (Å²) >= 11 is 4.78. The van der Waals surface area contributed by atoms with Crippen LogP contribution in [-0.2, 0) is 4.79 Å². The van der Waals surface area contributed by atoms with Gasteiger partial charge in [-0.05, 0) is 71.7 Å². The Balaban J connectivity index is 1.64. The van der Waals surface area contributed by atoms with Crippen LogP contribution in [0.4, 0.5) is 9.52 Å².